The van der Waals surface area contributed by atoms with Gasteiger partial charge < -0.3 is 15.2 Å². The molecule has 44 heavy (non-hydrogen) atoms. The number of hydrogen-bond acceptors (Lipinski definition) is 10. The van der Waals surface area contributed by atoms with E-state index in [1.807, 2.05) is 32.0 Å². The van der Waals surface area contributed by atoms with Crippen molar-refractivity contribution in [3.8, 4) is 40.9 Å². The molecule has 0 bridgehead atoms. The molecule has 13 nitrogen and oxygen atoms in total. The number of nitrogens with zero attached hydrogens (tertiary/aromatic N) is 5. The van der Waals surface area contributed by atoms with Crippen LogP contribution in [0.1, 0.15) is 96.0 Å². The summed E-state index contributed by atoms with van der Waals surface area (Å²) in [6.07, 6.45) is 7.22. The lowest BCUT2D eigenvalue weighted by atomic mass is 9.77. The van der Waals surface area contributed by atoms with Gasteiger partial charge in [-0.1, -0.05) is 32.4 Å². The first-order valence-corrected chi connectivity index (χ1v) is 13.9. The summed E-state index contributed by atoms with van der Waals surface area (Å²) in [5, 5.41) is 34.9. The van der Waals surface area contributed by atoms with E-state index >= 15 is 0 Å². The van der Waals surface area contributed by atoms with E-state index in [9.17, 15) is 10.1 Å². The number of carbonyl (C=O) groups excluding carboxylic acids is 1. The van der Waals surface area contributed by atoms with E-state index in [1.165, 1.54) is 51.0 Å². The minimum Gasteiger partial charge on any atom is -0.466 e. The molecule has 6 N–H and O–H groups in total. The molecule has 4 aromatic rings. The SMILES string of the molecule is C.COc1n[nH]c(-c2cc(C#N)c(C)cc2C2CCC2)n1.COc1n[nH]c(-c2cc(C(N)=O)c(C)cc2C2CCC2)n1.OO. The third kappa shape index (κ3) is 7.04. The summed E-state index contributed by atoms with van der Waals surface area (Å²) in [7, 11) is 3.05. The predicted octanol–water partition coefficient (Wildman–Crippen LogP) is 5.74. The highest BCUT2D eigenvalue weighted by Gasteiger charge is 2.26. The fourth-order valence-electron chi connectivity index (χ4n) is 5.29. The molecular formula is C31H40N8O5. The van der Waals surface area contributed by atoms with Gasteiger partial charge in [0.05, 0.1) is 25.9 Å². The first kappa shape index (κ1) is 33.7. The van der Waals surface area contributed by atoms with Gasteiger partial charge in [0.15, 0.2) is 11.6 Å². The van der Waals surface area contributed by atoms with Gasteiger partial charge in [-0.2, -0.15) is 15.2 Å². The Morgan fingerprint density at radius 2 is 1.32 bits per heavy atom. The second kappa shape index (κ2) is 15.1. The highest BCUT2D eigenvalue weighted by Crippen LogP contribution is 2.42. The van der Waals surface area contributed by atoms with Crippen LogP contribution in [-0.4, -0.2) is 61.0 Å². The van der Waals surface area contributed by atoms with Gasteiger partial charge in [0.2, 0.25) is 5.91 Å². The van der Waals surface area contributed by atoms with Crippen LogP contribution in [0.4, 0.5) is 0 Å². The zero-order valence-corrected chi connectivity index (χ0v) is 24.6. The van der Waals surface area contributed by atoms with Gasteiger partial charge in [-0.15, -0.1) is 10.2 Å². The van der Waals surface area contributed by atoms with Gasteiger partial charge >= 0.3 is 12.0 Å². The molecule has 13 heteroatoms. The summed E-state index contributed by atoms with van der Waals surface area (Å²) >= 11 is 0. The van der Waals surface area contributed by atoms with Crippen LogP contribution in [0.3, 0.4) is 0 Å². The van der Waals surface area contributed by atoms with Crippen LogP contribution in [0.25, 0.3) is 22.8 Å². The minimum absolute atomic E-state index is 0. The molecule has 1 amide bonds. The Morgan fingerprint density at radius 1 is 0.864 bits per heavy atom. The number of aromatic nitrogens is 6. The Kier molecular flexibility index (Phi) is 11.6. The normalized spacial score (nSPS) is 13.8. The maximum atomic E-state index is 11.6. The van der Waals surface area contributed by atoms with Crippen molar-refractivity contribution in [3.05, 3.63) is 57.6 Å². The van der Waals surface area contributed by atoms with Crippen molar-refractivity contribution >= 4 is 5.91 Å². The number of carbonyl (C=O) groups is 1. The van der Waals surface area contributed by atoms with Crippen molar-refractivity contribution in [3.63, 3.8) is 0 Å². The summed E-state index contributed by atoms with van der Waals surface area (Å²) in [6.45, 7) is 3.89. The van der Waals surface area contributed by atoms with E-state index in [0.717, 1.165) is 35.1 Å². The largest absolute Gasteiger partial charge is 0.466 e. The second-order valence-electron chi connectivity index (χ2n) is 10.6. The third-order valence-corrected chi connectivity index (χ3v) is 8.07. The Balaban J connectivity index is 0.000000223. The molecule has 2 saturated carbocycles. The zero-order chi connectivity index (χ0) is 31.1. The van der Waals surface area contributed by atoms with Crippen LogP contribution >= 0.6 is 0 Å². The van der Waals surface area contributed by atoms with E-state index in [-0.39, 0.29) is 13.4 Å². The van der Waals surface area contributed by atoms with E-state index in [1.54, 1.807) is 0 Å². The van der Waals surface area contributed by atoms with Crippen LogP contribution in [0.15, 0.2) is 24.3 Å². The summed E-state index contributed by atoms with van der Waals surface area (Å²) in [5.41, 5.74) is 12.9. The number of aromatic amines is 2. The van der Waals surface area contributed by atoms with Crippen molar-refractivity contribution < 1.29 is 24.8 Å². The van der Waals surface area contributed by atoms with Crippen molar-refractivity contribution in [1.82, 2.24) is 30.4 Å². The Hall–Kier alpha value is -4.80. The van der Waals surface area contributed by atoms with Crippen LogP contribution in [-0.2, 0) is 0 Å². The van der Waals surface area contributed by atoms with Gasteiger partial charge in [0.1, 0.15) is 0 Å². The molecule has 6 rings (SSSR count). The highest BCUT2D eigenvalue weighted by molar-refractivity contribution is 5.95. The van der Waals surface area contributed by atoms with E-state index in [0.29, 0.717) is 40.6 Å². The zero-order valence-electron chi connectivity index (χ0n) is 24.6. The molecule has 2 aliphatic carbocycles. The van der Waals surface area contributed by atoms with E-state index in [4.69, 9.17) is 25.7 Å². The highest BCUT2D eigenvalue weighted by atomic mass is 17.0. The molecule has 0 atom stereocenters. The van der Waals surface area contributed by atoms with E-state index in [2.05, 4.69) is 42.5 Å². The lowest BCUT2D eigenvalue weighted by Gasteiger charge is -2.28. The molecule has 0 unspecified atom stereocenters. The molecule has 2 heterocycles. The Bertz CT molecular complexity index is 1620. The van der Waals surface area contributed by atoms with Crippen LogP contribution < -0.4 is 15.2 Å². The minimum atomic E-state index is -0.430. The van der Waals surface area contributed by atoms with Crippen LogP contribution in [0.5, 0.6) is 12.0 Å². The van der Waals surface area contributed by atoms with Gasteiger partial charge in [0.25, 0.3) is 0 Å². The van der Waals surface area contributed by atoms with Crippen molar-refractivity contribution in [2.24, 2.45) is 5.73 Å². The number of benzene rings is 2. The molecule has 2 aliphatic rings. The molecule has 0 spiro atoms. The molecular weight excluding hydrogens is 564 g/mol. The van der Waals surface area contributed by atoms with Gasteiger partial charge in [-0.05, 0) is 85.8 Å². The topological polar surface area (TPSA) is 209 Å². The average molecular weight is 605 g/mol. The van der Waals surface area contributed by atoms with Crippen molar-refractivity contribution in [2.75, 3.05) is 14.2 Å². The molecule has 0 saturated heterocycles. The molecule has 2 fully saturated rings. The average Bonchev–Trinajstić information content (AvgIpc) is 3.63. The van der Waals surface area contributed by atoms with Crippen LogP contribution in [0.2, 0.25) is 0 Å². The number of nitrogens with two attached hydrogens (primary N) is 1. The van der Waals surface area contributed by atoms with Crippen LogP contribution in [0, 0.1) is 25.2 Å². The number of nitrogens with one attached hydrogen (secondary N) is 2. The maximum Gasteiger partial charge on any atom is 0.335 e. The molecule has 2 aromatic carbocycles. The standard InChI is InChI=1S/C15H18N4O2.C15H16N4O.CH4.H2O2/c1-8-6-11(9-4-3-5-9)12(7-10(8)13(16)20)14-17-15(21-2)19-18-14;1-9-6-12(10-4-3-5-10)13(7-11(9)8-16)14-17-15(20-2)19-18-14;;1-2/h6-7,9H,3-5H2,1-2H3,(H2,16,20)(H,17,18,19);6-7,10H,3-5H2,1-2H3,(H,17,18,19);1H4;1-2H. The van der Waals surface area contributed by atoms with Gasteiger partial charge in [-0.3, -0.25) is 25.5 Å². The van der Waals surface area contributed by atoms with Crippen molar-refractivity contribution in [1.29, 1.82) is 5.26 Å². The molecule has 2 aromatic heterocycles. The number of hydrogen-bond donors (Lipinski definition) is 5. The number of methoxy groups -OCH3 is 2. The number of primary amides is 1. The number of amides is 1. The fraction of sp³-hybridized carbons (Fsp3) is 0.419. The number of nitriles is 1. The van der Waals surface area contributed by atoms with Gasteiger partial charge in [-0.25, -0.2) is 0 Å². The number of ether oxygens (including phenoxy) is 2. The summed E-state index contributed by atoms with van der Waals surface area (Å²) in [4.78, 5) is 20.2. The summed E-state index contributed by atoms with van der Waals surface area (Å²) in [6, 6.07) is 10.7. The quantitative estimate of drug-likeness (QED) is 0.128. The van der Waals surface area contributed by atoms with Crippen molar-refractivity contribution in [2.45, 2.75) is 71.6 Å². The lowest BCUT2D eigenvalue weighted by Crippen LogP contribution is -2.16. The molecule has 0 radical (unpaired) electrons. The monoisotopic (exact) mass is 604 g/mol. The first-order valence-electron chi connectivity index (χ1n) is 13.9. The third-order valence-electron chi connectivity index (χ3n) is 8.07. The predicted molar refractivity (Wildman–Crippen MR) is 165 cm³/mol. The Labute approximate surface area is 256 Å². The van der Waals surface area contributed by atoms with E-state index < -0.39 is 5.91 Å². The summed E-state index contributed by atoms with van der Waals surface area (Å²) < 4.78 is 10.0. The van der Waals surface area contributed by atoms with Gasteiger partial charge in [0, 0.05) is 16.7 Å². The lowest BCUT2D eigenvalue weighted by molar-refractivity contribution is -0.176. The second-order valence-corrected chi connectivity index (χ2v) is 10.6. The number of aryl methyl sites for hydroxylation is 2. The first-order chi connectivity index (χ1) is 20.8. The number of rotatable bonds is 7. The maximum absolute atomic E-state index is 11.6. The summed E-state index contributed by atoms with van der Waals surface area (Å²) in [5.74, 6) is 1.92. The smallest absolute Gasteiger partial charge is 0.335 e. The number of H-pyrrole nitrogens is 2. The molecule has 234 valence electrons. The fourth-order valence-corrected chi connectivity index (χ4v) is 5.29. The molecule has 0 aliphatic heterocycles. The Morgan fingerprint density at radius 3 is 1.68 bits per heavy atom.